The Morgan fingerprint density at radius 2 is 0.730 bits per heavy atom. The van der Waals surface area contributed by atoms with Gasteiger partial charge >= 0.3 is 0 Å². The van der Waals surface area contributed by atoms with Crippen molar-refractivity contribution in [3.05, 3.63) is 12.2 Å². The first-order chi connectivity index (χ1) is 18.2. The molecule has 0 amide bonds. The number of hydrogen-bond acceptors (Lipinski definition) is 2. The second kappa shape index (κ2) is 31.7. The highest BCUT2D eigenvalue weighted by molar-refractivity contribution is 7.40. The zero-order chi connectivity index (χ0) is 27.1. The minimum Gasteiger partial charge on any atom is -0.300 e. The molecule has 0 saturated heterocycles. The largest absolute Gasteiger partial charge is 0.300 e. The molecule has 0 N–H and O–H groups in total. The van der Waals surface area contributed by atoms with E-state index in [1.54, 1.807) is 0 Å². The normalized spacial score (nSPS) is 11.5. The predicted octanol–water partition coefficient (Wildman–Crippen LogP) is 11.8. The molecule has 37 heavy (non-hydrogen) atoms. The summed E-state index contributed by atoms with van der Waals surface area (Å²) in [5.41, 5.74) is 0.244. The summed E-state index contributed by atoms with van der Waals surface area (Å²) in [6, 6.07) is 0. The number of carbonyl (C=O) groups excluding carboxylic acids is 2. The monoisotopic (exact) mass is 536 g/mol. The molecular weight excluding hydrogens is 471 g/mol. The molecule has 0 spiro atoms. The molecule has 0 fully saturated rings. The number of carbonyl (C=O) groups is 2. The second-order valence-electron chi connectivity index (χ2n) is 11.4. The minimum atomic E-state index is 0.244. The number of allylic oxidation sites excluding steroid dienone is 2. The fraction of sp³-hybridized carbons (Fsp3) is 0.882. The summed E-state index contributed by atoms with van der Waals surface area (Å²) in [5, 5.41) is 0. The van der Waals surface area contributed by atoms with E-state index in [1.807, 2.05) is 0 Å². The van der Waals surface area contributed by atoms with E-state index in [1.165, 1.54) is 148 Å². The Bertz CT molecular complexity index is 514. The summed E-state index contributed by atoms with van der Waals surface area (Å²) in [6.45, 7) is 2.28. The van der Waals surface area contributed by atoms with Crippen LogP contribution in [0.15, 0.2) is 12.2 Å². The average molecular weight is 537 g/mol. The van der Waals surface area contributed by atoms with Gasteiger partial charge in [0.1, 0.15) is 11.3 Å². The smallest absolute Gasteiger partial charge is 0.148 e. The third-order valence-corrected chi connectivity index (χ3v) is 7.88. The van der Waals surface area contributed by atoms with Gasteiger partial charge in [0.25, 0.3) is 0 Å². The summed E-state index contributed by atoms with van der Waals surface area (Å²) in [6.07, 6.45) is 40.9. The highest BCUT2D eigenvalue weighted by Gasteiger charge is 2.02. The van der Waals surface area contributed by atoms with Gasteiger partial charge in [-0.2, -0.15) is 0 Å². The van der Waals surface area contributed by atoms with Crippen molar-refractivity contribution in [1.29, 1.82) is 0 Å². The number of rotatable bonds is 31. The summed E-state index contributed by atoms with van der Waals surface area (Å²) < 4.78 is 0. The Kier molecular flexibility index (Phi) is 31.3. The van der Waals surface area contributed by atoms with Crippen molar-refractivity contribution in [2.45, 2.75) is 193 Å². The van der Waals surface area contributed by atoms with E-state index in [-0.39, 0.29) is 5.52 Å². The van der Waals surface area contributed by atoms with E-state index in [4.69, 9.17) is 0 Å². The number of Topliss-reactive ketones (excluding diaryl/α,β-unsaturated/α-hetero) is 1. The van der Waals surface area contributed by atoms with Gasteiger partial charge in [0.15, 0.2) is 0 Å². The standard InChI is InChI=1S/C34H65O2P/c1-2-3-4-5-6-7-8-12-15-18-21-24-27-30-33(35)31-28-25-22-19-16-13-10-9-11-14-17-20-23-26-29-32-34(36)37/h9,11H,2-8,10,12-32,37H2,1H3/b11-9-. The topological polar surface area (TPSA) is 34.1 Å². The van der Waals surface area contributed by atoms with E-state index in [9.17, 15) is 9.59 Å². The number of unbranched alkanes of at least 4 members (excludes halogenated alkanes) is 23. The van der Waals surface area contributed by atoms with Gasteiger partial charge in [0.05, 0.1) is 0 Å². The van der Waals surface area contributed by atoms with Crippen LogP contribution in [0.5, 0.6) is 0 Å². The van der Waals surface area contributed by atoms with Crippen LogP contribution in [0.25, 0.3) is 0 Å². The fourth-order valence-electron chi connectivity index (χ4n) is 5.08. The number of ketones is 1. The molecule has 0 aliphatic heterocycles. The lowest BCUT2D eigenvalue weighted by Crippen LogP contribution is -1.97. The third kappa shape index (κ3) is 33.5. The van der Waals surface area contributed by atoms with Crippen molar-refractivity contribution in [2.75, 3.05) is 0 Å². The molecule has 0 radical (unpaired) electrons. The molecule has 2 nitrogen and oxygen atoms in total. The van der Waals surface area contributed by atoms with Gasteiger partial charge < -0.3 is 0 Å². The van der Waals surface area contributed by atoms with Crippen LogP contribution in [0.4, 0.5) is 0 Å². The molecule has 0 aliphatic carbocycles. The van der Waals surface area contributed by atoms with Crippen molar-refractivity contribution in [1.82, 2.24) is 0 Å². The van der Waals surface area contributed by atoms with E-state index >= 15 is 0 Å². The first-order valence-electron chi connectivity index (χ1n) is 16.6. The quantitative estimate of drug-likeness (QED) is 0.0501. The fourth-order valence-corrected chi connectivity index (χ4v) is 5.29. The van der Waals surface area contributed by atoms with Gasteiger partial charge in [-0.05, 0) is 44.9 Å². The highest BCUT2D eigenvalue weighted by atomic mass is 31.0. The summed E-state index contributed by atoms with van der Waals surface area (Å²) in [7, 11) is 2.27. The zero-order valence-corrected chi connectivity index (χ0v) is 26.2. The van der Waals surface area contributed by atoms with Crippen LogP contribution in [-0.2, 0) is 9.59 Å². The molecule has 1 atom stereocenters. The van der Waals surface area contributed by atoms with Crippen molar-refractivity contribution >= 4 is 20.5 Å². The molecule has 0 heterocycles. The van der Waals surface area contributed by atoms with Gasteiger partial charge in [-0.3, -0.25) is 9.59 Å². The van der Waals surface area contributed by atoms with Crippen molar-refractivity contribution in [3.63, 3.8) is 0 Å². The first kappa shape index (κ1) is 36.5. The van der Waals surface area contributed by atoms with Crippen LogP contribution < -0.4 is 0 Å². The summed E-state index contributed by atoms with van der Waals surface area (Å²) >= 11 is 0. The van der Waals surface area contributed by atoms with E-state index in [0.717, 1.165) is 38.5 Å². The zero-order valence-electron chi connectivity index (χ0n) is 25.1. The molecule has 0 rings (SSSR count). The first-order valence-corrected chi connectivity index (χ1v) is 17.2. The van der Waals surface area contributed by atoms with Crippen LogP contribution in [0.3, 0.4) is 0 Å². The van der Waals surface area contributed by atoms with E-state index < -0.39 is 0 Å². The molecule has 0 aromatic heterocycles. The second-order valence-corrected chi connectivity index (χ2v) is 12.1. The molecule has 0 aromatic rings. The average Bonchev–Trinajstić information content (AvgIpc) is 2.88. The Labute approximate surface area is 235 Å². The lowest BCUT2D eigenvalue weighted by Gasteiger charge is -2.04. The maximum absolute atomic E-state index is 12.1. The lowest BCUT2D eigenvalue weighted by atomic mass is 10.0. The maximum atomic E-state index is 12.1. The molecule has 0 aromatic carbocycles. The maximum Gasteiger partial charge on any atom is 0.148 e. The van der Waals surface area contributed by atoms with Crippen LogP contribution in [0, 0.1) is 0 Å². The van der Waals surface area contributed by atoms with Gasteiger partial charge in [-0.25, -0.2) is 0 Å². The molecular formula is C34H65O2P. The summed E-state index contributed by atoms with van der Waals surface area (Å²) in [4.78, 5) is 23.0. The highest BCUT2D eigenvalue weighted by Crippen LogP contribution is 2.15. The Morgan fingerprint density at radius 3 is 1.08 bits per heavy atom. The van der Waals surface area contributed by atoms with Crippen molar-refractivity contribution in [3.8, 4) is 0 Å². The third-order valence-electron chi connectivity index (χ3n) is 7.60. The summed E-state index contributed by atoms with van der Waals surface area (Å²) in [5.74, 6) is 0.503. The minimum absolute atomic E-state index is 0.244. The SMILES string of the molecule is CCCCCCCCCCCCCCCC(=O)CCCCCCCC/C=C\CCCCCCCC(=O)P. The van der Waals surface area contributed by atoms with Crippen molar-refractivity contribution < 1.29 is 9.59 Å². The Hall–Kier alpha value is -0.490. The lowest BCUT2D eigenvalue weighted by molar-refractivity contribution is -0.119. The van der Waals surface area contributed by atoms with Gasteiger partial charge in [-0.1, -0.05) is 150 Å². The van der Waals surface area contributed by atoms with Gasteiger partial charge in [0, 0.05) is 19.3 Å². The van der Waals surface area contributed by atoms with Crippen LogP contribution in [0.2, 0.25) is 0 Å². The molecule has 0 saturated carbocycles. The van der Waals surface area contributed by atoms with E-state index in [2.05, 4.69) is 28.3 Å². The van der Waals surface area contributed by atoms with E-state index in [0.29, 0.717) is 5.78 Å². The molecule has 3 heteroatoms. The van der Waals surface area contributed by atoms with Gasteiger partial charge in [0.2, 0.25) is 0 Å². The molecule has 0 aliphatic rings. The Morgan fingerprint density at radius 1 is 0.432 bits per heavy atom. The predicted molar refractivity (Wildman–Crippen MR) is 168 cm³/mol. The van der Waals surface area contributed by atoms with Crippen molar-refractivity contribution in [2.24, 2.45) is 0 Å². The van der Waals surface area contributed by atoms with Crippen LogP contribution >= 0.6 is 9.24 Å². The van der Waals surface area contributed by atoms with Gasteiger partial charge in [-0.15, -0.1) is 0 Å². The molecule has 1 unspecified atom stereocenters. The van der Waals surface area contributed by atoms with Crippen LogP contribution in [0.1, 0.15) is 193 Å². The molecule has 0 bridgehead atoms. The molecule has 218 valence electrons. The Balaban J connectivity index is 3.21. The number of hydrogen-bond donors (Lipinski definition) is 0. The van der Waals surface area contributed by atoms with Crippen LogP contribution in [-0.4, -0.2) is 11.3 Å².